The maximum absolute atomic E-state index is 12.3. The van der Waals surface area contributed by atoms with Crippen LogP contribution in [0.2, 0.25) is 0 Å². The minimum atomic E-state index is -4.22. The zero-order valence-electron chi connectivity index (χ0n) is 7.81. The topological polar surface area (TPSA) is 0 Å². The van der Waals surface area contributed by atoms with Crippen LogP contribution in [-0.2, 0) is 6.42 Å². The van der Waals surface area contributed by atoms with E-state index in [0.717, 1.165) is 6.08 Å². The van der Waals surface area contributed by atoms with Crippen molar-refractivity contribution in [2.75, 3.05) is 0 Å². The third-order valence-corrected chi connectivity index (χ3v) is 1.95. The molecule has 0 amide bonds. The van der Waals surface area contributed by atoms with Gasteiger partial charge in [0.2, 0.25) is 0 Å². The van der Waals surface area contributed by atoms with Crippen LogP contribution in [0, 0.1) is 0 Å². The standard InChI is InChI=1S/C11H11F3/c1-2-10(11(12,13)14)8-9-6-4-3-5-7-9/h2-7H,8H2,1H3. The lowest BCUT2D eigenvalue weighted by molar-refractivity contribution is -0.0933. The van der Waals surface area contributed by atoms with Crippen LogP contribution in [0.4, 0.5) is 13.2 Å². The maximum Gasteiger partial charge on any atom is 0.412 e. The first-order valence-electron chi connectivity index (χ1n) is 4.30. The van der Waals surface area contributed by atoms with Gasteiger partial charge < -0.3 is 0 Å². The van der Waals surface area contributed by atoms with E-state index in [1.807, 2.05) is 0 Å². The summed E-state index contributed by atoms with van der Waals surface area (Å²) in [5.41, 5.74) is 0.182. The molecule has 0 aliphatic rings. The van der Waals surface area contributed by atoms with Gasteiger partial charge in [-0.1, -0.05) is 36.4 Å². The van der Waals surface area contributed by atoms with Crippen LogP contribution in [-0.4, -0.2) is 6.18 Å². The normalized spacial score (nSPS) is 13.0. The molecule has 0 N–H and O–H groups in total. The SMILES string of the molecule is CC=C(Cc1ccccc1)C(F)(F)F. The summed E-state index contributed by atoms with van der Waals surface area (Å²) in [5, 5.41) is 0. The van der Waals surface area contributed by atoms with Crippen LogP contribution in [0.1, 0.15) is 12.5 Å². The number of rotatable bonds is 2. The van der Waals surface area contributed by atoms with Gasteiger partial charge in [0, 0.05) is 12.0 Å². The van der Waals surface area contributed by atoms with Crippen LogP contribution < -0.4 is 0 Å². The van der Waals surface area contributed by atoms with E-state index >= 15 is 0 Å². The second-order valence-corrected chi connectivity index (χ2v) is 2.97. The van der Waals surface area contributed by atoms with Gasteiger partial charge in [0.1, 0.15) is 0 Å². The highest BCUT2D eigenvalue weighted by Gasteiger charge is 2.32. The molecule has 1 aromatic carbocycles. The molecular formula is C11H11F3. The molecule has 14 heavy (non-hydrogen) atoms. The van der Waals surface area contributed by atoms with Crippen LogP contribution in [0.5, 0.6) is 0 Å². The third-order valence-electron chi connectivity index (χ3n) is 1.95. The van der Waals surface area contributed by atoms with E-state index < -0.39 is 11.7 Å². The van der Waals surface area contributed by atoms with Gasteiger partial charge in [-0.2, -0.15) is 13.2 Å². The van der Waals surface area contributed by atoms with Crippen molar-refractivity contribution < 1.29 is 13.2 Å². The molecule has 0 atom stereocenters. The fraction of sp³-hybridized carbons (Fsp3) is 0.273. The number of benzene rings is 1. The predicted octanol–water partition coefficient (Wildman–Crippen LogP) is 3.74. The summed E-state index contributed by atoms with van der Waals surface area (Å²) < 4.78 is 37.0. The van der Waals surface area contributed by atoms with E-state index in [1.54, 1.807) is 30.3 Å². The third kappa shape index (κ3) is 2.91. The Labute approximate surface area is 81.1 Å². The summed E-state index contributed by atoms with van der Waals surface area (Å²) in [6, 6.07) is 8.63. The molecule has 1 aromatic rings. The lowest BCUT2D eigenvalue weighted by atomic mass is 10.1. The van der Waals surface area contributed by atoms with Gasteiger partial charge in [-0.05, 0) is 12.5 Å². The van der Waals surface area contributed by atoms with E-state index in [-0.39, 0.29) is 6.42 Å². The van der Waals surface area contributed by atoms with Crippen molar-refractivity contribution in [3.8, 4) is 0 Å². The average Bonchev–Trinajstić information content (AvgIpc) is 2.14. The molecule has 0 aliphatic heterocycles. The molecule has 0 bridgehead atoms. The van der Waals surface area contributed by atoms with Crippen LogP contribution >= 0.6 is 0 Å². The monoisotopic (exact) mass is 200 g/mol. The van der Waals surface area contributed by atoms with Crippen molar-refractivity contribution in [3.05, 3.63) is 47.5 Å². The molecule has 3 heteroatoms. The Bertz CT molecular complexity index is 309. The van der Waals surface area contributed by atoms with Gasteiger partial charge in [-0.25, -0.2) is 0 Å². The molecule has 0 radical (unpaired) electrons. The van der Waals surface area contributed by atoms with E-state index in [1.165, 1.54) is 6.92 Å². The van der Waals surface area contributed by atoms with E-state index in [0.29, 0.717) is 5.56 Å². The highest BCUT2D eigenvalue weighted by molar-refractivity contribution is 5.23. The highest BCUT2D eigenvalue weighted by atomic mass is 19.4. The minimum absolute atomic E-state index is 0.0547. The summed E-state index contributed by atoms with van der Waals surface area (Å²) in [6.07, 6.45) is -3.15. The van der Waals surface area contributed by atoms with Crippen LogP contribution in [0.15, 0.2) is 42.0 Å². The largest absolute Gasteiger partial charge is 0.412 e. The molecule has 0 aromatic heterocycles. The smallest absolute Gasteiger partial charge is 0.166 e. The zero-order valence-corrected chi connectivity index (χ0v) is 7.81. The minimum Gasteiger partial charge on any atom is -0.166 e. The van der Waals surface area contributed by atoms with E-state index in [2.05, 4.69) is 0 Å². The molecule has 0 heterocycles. The summed E-state index contributed by atoms with van der Waals surface area (Å²) in [6.45, 7) is 1.41. The molecule has 0 fully saturated rings. The maximum atomic E-state index is 12.3. The van der Waals surface area contributed by atoms with Gasteiger partial charge in [0.05, 0.1) is 0 Å². The number of hydrogen-bond acceptors (Lipinski definition) is 0. The van der Waals surface area contributed by atoms with Crippen LogP contribution in [0.25, 0.3) is 0 Å². The Balaban J connectivity index is 2.78. The van der Waals surface area contributed by atoms with Gasteiger partial charge >= 0.3 is 6.18 Å². The Morgan fingerprint density at radius 1 is 1.21 bits per heavy atom. The van der Waals surface area contributed by atoms with Crippen molar-refractivity contribution >= 4 is 0 Å². The van der Waals surface area contributed by atoms with Crippen molar-refractivity contribution in [2.45, 2.75) is 19.5 Å². The first-order chi connectivity index (χ1) is 6.54. The molecule has 0 saturated heterocycles. The van der Waals surface area contributed by atoms with Gasteiger partial charge in [-0.15, -0.1) is 0 Å². The summed E-state index contributed by atoms with van der Waals surface area (Å²) in [4.78, 5) is 0. The Morgan fingerprint density at radius 2 is 1.79 bits per heavy atom. The molecule has 0 saturated carbocycles. The fourth-order valence-electron chi connectivity index (χ4n) is 1.18. The quantitative estimate of drug-likeness (QED) is 0.638. The molecule has 76 valence electrons. The second kappa shape index (κ2) is 4.31. The molecular weight excluding hydrogens is 189 g/mol. The molecule has 0 spiro atoms. The van der Waals surface area contributed by atoms with Gasteiger partial charge in [-0.3, -0.25) is 0 Å². The number of halogens is 3. The predicted molar refractivity (Wildman–Crippen MR) is 50.0 cm³/mol. The first kappa shape index (κ1) is 10.8. The van der Waals surface area contributed by atoms with Crippen molar-refractivity contribution in [1.29, 1.82) is 0 Å². The van der Waals surface area contributed by atoms with Gasteiger partial charge in [0.25, 0.3) is 0 Å². The number of allylic oxidation sites excluding steroid dienone is 2. The second-order valence-electron chi connectivity index (χ2n) is 2.97. The highest BCUT2D eigenvalue weighted by Crippen LogP contribution is 2.28. The first-order valence-corrected chi connectivity index (χ1v) is 4.30. The Kier molecular flexibility index (Phi) is 3.33. The average molecular weight is 200 g/mol. The van der Waals surface area contributed by atoms with E-state index in [9.17, 15) is 13.2 Å². The lowest BCUT2D eigenvalue weighted by Gasteiger charge is -2.10. The molecule has 0 aliphatic carbocycles. The number of alkyl halides is 3. The molecule has 0 unspecified atom stereocenters. The van der Waals surface area contributed by atoms with Crippen molar-refractivity contribution in [3.63, 3.8) is 0 Å². The lowest BCUT2D eigenvalue weighted by Crippen LogP contribution is -2.13. The van der Waals surface area contributed by atoms with Crippen LogP contribution in [0.3, 0.4) is 0 Å². The molecule has 0 nitrogen and oxygen atoms in total. The van der Waals surface area contributed by atoms with Gasteiger partial charge in [0.15, 0.2) is 0 Å². The summed E-state index contributed by atoms with van der Waals surface area (Å²) >= 11 is 0. The zero-order chi connectivity index (χ0) is 10.6. The fourth-order valence-corrected chi connectivity index (χ4v) is 1.18. The van der Waals surface area contributed by atoms with Crippen molar-refractivity contribution in [1.82, 2.24) is 0 Å². The molecule has 1 rings (SSSR count). The Hall–Kier alpha value is -1.25. The summed E-state index contributed by atoms with van der Waals surface area (Å²) in [7, 11) is 0. The number of hydrogen-bond donors (Lipinski definition) is 0. The van der Waals surface area contributed by atoms with E-state index in [4.69, 9.17) is 0 Å². The summed E-state index contributed by atoms with van der Waals surface area (Å²) in [5.74, 6) is 0. The Morgan fingerprint density at radius 3 is 2.21 bits per heavy atom. The van der Waals surface area contributed by atoms with Crippen molar-refractivity contribution in [2.24, 2.45) is 0 Å².